The number of allylic oxidation sites excluding steroid dienone is 1. The third-order valence-corrected chi connectivity index (χ3v) is 2.42. The molecule has 17 heavy (non-hydrogen) atoms. The second kappa shape index (κ2) is 6.50. The van der Waals surface area contributed by atoms with Gasteiger partial charge in [0.15, 0.2) is 11.6 Å². The Bertz CT molecular complexity index is 395. The van der Waals surface area contributed by atoms with Gasteiger partial charge in [-0.3, -0.25) is 0 Å². The molecule has 1 aromatic rings. The second-order valence-corrected chi connectivity index (χ2v) is 4.35. The summed E-state index contributed by atoms with van der Waals surface area (Å²) < 4.78 is 26.0. The van der Waals surface area contributed by atoms with Crippen molar-refractivity contribution in [3.05, 3.63) is 47.0 Å². The van der Waals surface area contributed by atoms with Crippen LogP contribution in [0.1, 0.15) is 38.8 Å². The Morgan fingerprint density at radius 3 is 2.53 bits per heavy atom. The second-order valence-electron chi connectivity index (χ2n) is 4.35. The van der Waals surface area contributed by atoms with Crippen molar-refractivity contribution in [1.29, 1.82) is 0 Å². The summed E-state index contributed by atoms with van der Waals surface area (Å²) in [6, 6.07) is 3.98. The summed E-state index contributed by atoms with van der Waals surface area (Å²) in [5.41, 5.74) is 1.89. The molecule has 0 spiro atoms. The van der Waals surface area contributed by atoms with Gasteiger partial charge in [0.1, 0.15) is 0 Å². The van der Waals surface area contributed by atoms with E-state index in [9.17, 15) is 8.78 Å². The molecule has 0 amide bonds. The van der Waals surface area contributed by atoms with E-state index in [2.05, 4.69) is 12.2 Å². The fourth-order valence-corrected chi connectivity index (χ4v) is 1.61. The van der Waals surface area contributed by atoms with Crippen LogP contribution in [0.3, 0.4) is 0 Å². The molecule has 0 fully saturated rings. The maximum Gasteiger partial charge on any atom is 0.159 e. The smallest absolute Gasteiger partial charge is 0.159 e. The van der Waals surface area contributed by atoms with Crippen molar-refractivity contribution >= 4 is 0 Å². The monoisotopic (exact) mass is 239 g/mol. The van der Waals surface area contributed by atoms with E-state index in [1.165, 1.54) is 12.1 Å². The van der Waals surface area contributed by atoms with Crippen LogP contribution in [0.4, 0.5) is 8.78 Å². The average molecular weight is 239 g/mol. The molecule has 1 atom stereocenters. The van der Waals surface area contributed by atoms with Crippen LogP contribution in [-0.2, 0) is 0 Å². The topological polar surface area (TPSA) is 12.0 Å². The Labute approximate surface area is 102 Å². The van der Waals surface area contributed by atoms with Crippen molar-refractivity contribution in [2.45, 2.75) is 33.2 Å². The van der Waals surface area contributed by atoms with Gasteiger partial charge in [-0.15, -0.1) is 0 Å². The van der Waals surface area contributed by atoms with Gasteiger partial charge in [0.25, 0.3) is 0 Å². The number of hydrogen-bond acceptors (Lipinski definition) is 1. The molecular formula is C14H19F2N. The summed E-state index contributed by atoms with van der Waals surface area (Å²) in [7, 11) is 0. The van der Waals surface area contributed by atoms with Crippen LogP contribution >= 0.6 is 0 Å². The minimum atomic E-state index is -0.805. The SMILES string of the molecule is CCCNC(C=C(C)C)c1ccc(F)c(F)c1. The lowest BCUT2D eigenvalue weighted by molar-refractivity contribution is 0.503. The third kappa shape index (κ3) is 4.27. The zero-order valence-electron chi connectivity index (χ0n) is 10.6. The third-order valence-electron chi connectivity index (χ3n) is 2.42. The molecule has 0 saturated carbocycles. The minimum absolute atomic E-state index is 0.0601. The molecule has 0 aliphatic carbocycles. The molecule has 0 bridgehead atoms. The maximum absolute atomic E-state index is 13.2. The average Bonchev–Trinajstić information content (AvgIpc) is 2.27. The van der Waals surface area contributed by atoms with Crippen LogP contribution in [0.5, 0.6) is 0 Å². The molecule has 1 nitrogen and oxygen atoms in total. The Kier molecular flexibility index (Phi) is 5.29. The highest BCUT2D eigenvalue weighted by molar-refractivity contribution is 5.25. The van der Waals surface area contributed by atoms with Gasteiger partial charge in [0.05, 0.1) is 6.04 Å². The molecule has 0 aliphatic rings. The van der Waals surface area contributed by atoms with Crippen LogP contribution in [0.15, 0.2) is 29.8 Å². The van der Waals surface area contributed by atoms with Crippen molar-refractivity contribution in [2.75, 3.05) is 6.54 Å². The zero-order valence-corrected chi connectivity index (χ0v) is 10.6. The van der Waals surface area contributed by atoms with Crippen LogP contribution in [0.2, 0.25) is 0 Å². The molecule has 1 aromatic carbocycles. The van der Waals surface area contributed by atoms with Crippen molar-refractivity contribution in [2.24, 2.45) is 0 Å². The Hall–Kier alpha value is -1.22. The fourth-order valence-electron chi connectivity index (χ4n) is 1.61. The van der Waals surface area contributed by atoms with Gasteiger partial charge in [-0.1, -0.05) is 24.6 Å². The quantitative estimate of drug-likeness (QED) is 0.766. The van der Waals surface area contributed by atoms with Gasteiger partial charge in [0.2, 0.25) is 0 Å². The van der Waals surface area contributed by atoms with Gasteiger partial charge in [0, 0.05) is 0 Å². The van der Waals surface area contributed by atoms with Crippen molar-refractivity contribution in [3.63, 3.8) is 0 Å². The van der Waals surface area contributed by atoms with Crippen LogP contribution < -0.4 is 5.32 Å². The Morgan fingerprint density at radius 2 is 2.00 bits per heavy atom. The Balaban J connectivity index is 2.95. The van der Waals surface area contributed by atoms with Crippen molar-refractivity contribution in [3.8, 4) is 0 Å². The lowest BCUT2D eigenvalue weighted by atomic mass is 10.0. The number of benzene rings is 1. The molecule has 0 saturated heterocycles. The van der Waals surface area contributed by atoms with Gasteiger partial charge in [-0.25, -0.2) is 8.78 Å². The van der Waals surface area contributed by atoms with Crippen LogP contribution in [-0.4, -0.2) is 6.54 Å². The summed E-state index contributed by atoms with van der Waals surface area (Å²) in [5, 5.41) is 3.30. The molecule has 94 valence electrons. The number of nitrogens with one attached hydrogen (secondary N) is 1. The van der Waals surface area contributed by atoms with E-state index in [0.717, 1.165) is 24.1 Å². The fraction of sp³-hybridized carbons (Fsp3) is 0.429. The van der Waals surface area contributed by atoms with E-state index in [0.29, 0.717) is 0 Å². The van der Waals surface area contributed by atoms with Gasteiger partial charge in [-0.05, 0) is 44.5 Å². The van der Waals surface area contributed by atoms with E-state index in [1.54, 1.807) is 6.07 Å². The molecule has 0 aromatic heterocycles. The largest absolute Gasteiger partial charge is 0.307 e. The first kappa shape index (κ1) is 13.8. The molecule has 1 rings (SSSR count). The normalized spacial score (nSPS) is 12.3. The van der Waals surface area contributed by atoms with E-state index < -0.39 is 11.6 Å². The highest BCUT2D eigenvalue weighted by atomic mass is 19.2. The molecular weight excluding hydrogens is 220 g/mol. The number of hydrogen-bond donors (Lipinski definition) is 1. The number of rotatable bonds is 5. The predicted molar refractivity (Wildman–Crippen MR) is 66.8 cm³/mol. The van der Waals surface area contributed by atoms with E-state index in [4.69, 9.17) is 0 Å². The highest BCUT2D eigenvalue weighted by Gasteiger charge is 2.10. The zero-order chi connectivity index (χ0) is 12.8. The number of halogens is 2. The molecule has 0 heterocycles. The molecule has 1 unspecified atom stereocenters. The summed E-state index contributed by atoms with van der Waals surface area (Å²) in [6.45, 7) is 6.88. The molecule has 0 aliphatic heterocycles. The van der Waals surface area contributed by atoms with E-state index in [1.807, 2.05) is 19.9 Å². The summed E-state index contributed by atoms with van der Waals surface area (Å²) in [5.74, 6) is -1.60. The predicted octanol–water partition coefficient (Wildman–Crippen LogP) is 3.97. The first-order valence-electron chi connectivity index (χ1n) is 5.88. The van der Waals surface area contributed by atoms with Crippen molar-refractivity contribution in [1.82, 2.24) is 5.32 Å². The van der Waals surface area contributed by atoms with Gasteiger partial charge >= 0.3 is 0 Å². The first-order valence-corrected chi connectivity index (χ1v) is 5.88. The summed E-state index contributed by atoms with van der Waals surface area (Å²) in [6.07, 6.45) is 3.01. The Morgan fingerprint density at radius 1 is 1.29 bits per heavy atom. The van der Waals surface area contributed by atoms with Crippen LogP contribution in [0.25, 0.3) is 0 Å². The van der Waals surface area contributed by atoms with Gasteiger partial charge in [-0.2, -0.15) is 0 Å². The molecule has 3 heteroatoms. The van der Waals surface area contributed by atoms with Crippen molar-refractivity contribution < 1.29 is 8.78 Å². The van der Waals surface area contributed by atoms with E-state index >= 15 is 0 Å². The van der Waals surface area contributed by atoms with E-state index in [-0.39, 0.29) is 6.04 Å². The molecule has 0 radical (unpaired) electrons. The van der Waals surface area contributed by atoms with Crippen LogP contribution in [0, 0.1) is 11.6 Å². The van der Waals surface area contributed by atoms with Gasteiger partial charge < -0.3 is 5.32 Å². The highest BCUT2D eigenvalue weighted by Crippen LogP contribution is 2.19. The maximum atomic E-state index is 13.2. The lowest BCUT2D eigenvalue weighted by Gasteiger charge is -2.16. The standard InChI is InChI=1S/C14H19F2N/c1-4-7-17-14(8-10(2)3)11-5-6-12(15)13(16)9-11/h5-6,8-9,14,17H,4,7H2,1-3H3. The lowest BCUT2D eigenvalue weighted by Crippen LogP contribution is -2.20. The summed E-state index contributed by atoms with van der Waals surface area (Å²) in [4.78, 5) is 0. The first-order chi connectivity index (χ1) is 8.04. The minimum Gasteiger partial charge on any atom is -0.307 e. The molecule has 1 N–H and O–H groups in total. The summed E-state index contributed by atoms with van der Waals surface area (Å²) >= 11 is 0.